The van der Waals surface area contributed by atoms with Crippen LogP contribution in [0.4, 0.5) is 5.69 Å². The molecule has 0 saturated heterocycles. The van der Waals surface area contributed by atoms with Crippen LogP contribution in [0.1, 0.15) is 30.2 Å². The Bertz CT molecular complexity index is 543. The zero-order valence-corrected chi connectivity index (χ0v) is 9.14. The molecule has 1 saturated carbocycles. The molecule has 15 heavy (non-hydrogen) atoms. The first kappa shape index (κ1) is 9.04. The largest absolute Gasteiger partial charge is 0.439 e. The molecule has 0 spiro atoms. The predicted octanol–water partition coefficient (Wildman–Crippen LogP) is 3.25. The van der Waals surface area contributed by atoms with Crippen LogP contribution >= 0.6 is 11.6 Å². The maximum absolute atomic E-state index is 6.06. The summed E-state index contributed by atoms with van der Waals surface area (Å²) in [6, 6.07) is 1.72. The molecule has 1 aromatic carbocycles. The number of oxazole rings is 1. The number of aromatic nitrogens is 1. The molecule has 78 valence electrons. The van der Waals surface area contributed by atoms with E-state index in [0.717, 1.165) is 17.0 Å². The summed E-state index contributed by atoms with van der Waals surface area (Å²) in [6.07, 6.45) is 2.33. The molecule has 2 N–H and O–H groups in total. The molecule has 0 aliphatic heterocycles. The average molecular weight is 223 g/mol. The van der Waals surface area contributed by atoms with E-state index in [2.05, 4.69) is 4.98 Å². The zero-order chi connectivity index (χ0) is 10.6. The summed E-state index contributed by atoms with van der Waals surface area (Å²) in [4.78, 5) is 4.46. The second-order valence-corrected chi connectivity index (χ2v) is 4.48. The van der Waals surface area contributed by atoms with Crippen LogP contribution in [0.5, 0.6) is 0 Å². The number of nitrogens with zero attached hydrogens (tertiary/aromatic N) is 1. The minimum atomic E-state index is 0.495. The van der Waals surface area contributed by atoms with Gasteiger partial charge in [0.2, 0.25) is 0 Å². The predicted molar refractivity (Wildman–Crippen MR) is 60.1 cm³/mol. The molecule has 1 fully saturated rings. The first-order chi connectivity index (χ1) is 7.16. The average Bonchev–Trinajstić information content (AvgIpc) is 2.94. The Hall–Kier alpha value is -1.22. The van der Waals surface area contributed by atoms with Crippen molar-refractivity contribution < 1.29 is 4.42 Å². The topological polar surface area (TPSA) is 52.0 Å². The Balaban J connectivity index is 2.32. The van der Waals surface area contributed by atoms with E-state index >= 15 is 0 Å². The second-order valence-electron chi connectivity index (χ2n) is 4.08. The maximum Gasteiger partial charge on any atom is 0.198 e. The van der Waals surface area contributed by atoms with Gasteiger partial charge in [-0.1, -0.05) is 11.6 Å². The van der Waals surface area contributed by atoms with Gasteiger partial charge in [-0.25, -0.2) is 4.98 Å². The Morgan fingerprint density at radius 1 is 1.53 bits per heavy atom. The number of benzene rings is 1. The van der Waals surface area contributed by atoms with Crippen LogP contribution in [-0.2, 0) is 0 Å². The quantitative estimate of drug-likeness (QED) is 0.754. The molecule has 1 aliphatic carbocycles. The van der Waals surface area contributed by atoms with Crippen LogP contribution in [0.15, 0.2) is 10.5 Å². The van der Waals surface area contributed by atoms with Crippen molar-refractivity contribution in [2.75, 3.05) is 5.73 Å². The molecule has 0 amide bonds. The van der Waals surface area contributed by atoms with Crippen LogP contribution in [-0.4, -0.2) is 4.98 Å². The van der Waals surface area contributed by atoms with E-state index in [1.807, 2.05) is 6.92 Å². The van der Waals surface area contributed by atoms with Crippen molar-refractivity contribution in [3.8, 4) is 0 Å². The van der Waals surface area contributed by atoms with Crippen molar-refractivity contribution in [1.29, 1.82) is 0 Å². The Kier molecular flexibility index (Phi) is 1.74. The number of anilines is 1. The highest BCUT2D eigenvalue weighted by Gasteiger charge is 2.29. The third-order valence-corrected chi connectivity index (χ3v) is 3.14. The van der Waals surface area contributed by atoms with Crippen molar-refractivity contribution in [3.63, 3.8) is 0 Å². The number of hydrogen-bond donors (Lipinski definition) is 1. The molecule has 1 aromatic heterocycles. The number of fused-ring (bicyclic) bond motifs is 1. The van der Waals surface area contributed by atoms with Crippen LogP contribution in [0.3, 0.4) is 0 Å². The van der Waals surface area contributed by atoms with Gasteiger partial charge in [-0.15, -0.1) is 0 Å². The highest BCUT2D eigenvalue weighted by atomic mass is 35.5. The van der Waals surface area contributed by atoms with E-state index in [4.69, 9.17) is 21.8 Å². The summed E-state index contributed by atoms with van der Waals surface area (Å²) in [6.45, 7) is 1.94. The number of nitrogen functional groups attached to an aromatic ring is 1. The lowest BCUT2D eigenvalue weighted by atomic mass is 10.2. The summed E-state index contributed by atoms with van der Waals surface area (Å²) in [5.41, 5.74) is 8.92. The van der Waals surface area contributed by atoms with Crippen molar-refractivity contribution in [3.05, 3.63) is 22.5 Å². The van der Waals surface area contributed by atoms with Gasteiger partial charge in [0.25, 0.3) is 0 Å². The Morgan fingerprint density at radius 3 is 2.93 bits per heavy atom. The number of hydrogen-bond acceptors (Lipinski definition) is 3. The minimum absolute atomic E-state index is 0.495. The molecule has 0 atom stereocenters. The molecule has 0 radical (unpaired) electrons. The van der Waals surface area contributed by atoms with Gasteiger partial charge in [0.15, 0.2) is 11.5 Å². The summed E-state index contributed by atoms with van der Waals surface area (Å²) < 4.78 is 5.66. The third-order valence-electron chi connectivity index (χ3n) is 2.86. The summed E-state index contributed by atoms with van der Waals surface area (Å²) in [5.74, 6) is 1.30. The standard InChI is InChI=1S/C11H11ClN2O/c1-5-8(13)4-7(12)10-9(5)14-11(15-10)6-2-3-6/h4,6H,2-3,13H2,1H3. The lowest BCUT2D eigenvalue weighted by molar-refractivity contribution is 0.533. The van der Waals surface area contributed by atoms with E-state index in [1.165, 1.54) is 12.8 Å². The maximum atomic E-state index is 6.06. The van der Waals surface area contributed by atoms with E-state index in [9.17, 15) is 0 Å². The number of rotatable bonds is 1. The summed E-state index contributed by atoms with van der Waals surface area (Å²) in [5, 5.41) is 0.549. The highest BCUT2D eigenvalue weighted by Crippen LogP contribution is 2.42. The van der Waals surface area contributed by atoms with Gasteiger partial charge in [0.05, 0.1) is 5.02 Å². The first-order valence-electron chi connectivity index (χ1n) is 5.02. The summed E-state index contributed by atoms with van der Waals surface area (Å²) in [7, 11) is 0. The fourth-order valence-electron chi connectivity index (χ4n) is 1.70. The molecule has 3 rings (SSSR count). The van der Waals surface area contributed by atoms with Gasteiger partial charge in [-0.2, -0.15) is 0 Å². The van der Waals surface area contributed by atoms with E-state index < -0.39 is 0 Å². The highest BCUT2D eigenvalue weighted by molar-refractivity contribution is 6.35. The van der Waals surface area contributed by atoms with Gasteiger partial charge in [0.1, 0.15) is 5.52 Å². The van der Waals surface area contributed by atoms with Crippen molar-refractivity contribution >= 4 is 28.4 Å². The number of nitrogens with two attached hydrogens (primary N) is 1. The third kappa shape index (κ3) is 1.30. The minimum Gasteiger partial charge on any atom is -0.439 e. The monoisotopic (exact) mass is 222 g/mol. The van der Waals surface area contributed by atoms with Gasteiger partial charge >= 0.3 is 0 Å². The normalized spacial score (nSPS) is 16.1. The second kappa shape index (κ2) is 2.89. The molecule has 0 unspecified atom stereocenters. The molecule has 1 heterocycles. The van der Waals surface area contributed by atoms with E-state index in [1.54, 1.807) is 6.07 Å². The van der Waals surface area contributed by atoms with E-state index in [0.29, 0.717) is 22.2 Å². The van der Waals surface area contributed by atoms with Crippen LogP contribution in [0.2, 0.25) is 5.02 Å². The SMILES string of the molecule is Cc1c(N)cc(Cl)c2oc(C3CC3)nc12. The van der Waals surface area contributed by atoms with E-state index in [-0.39, 0.29) is 0 Å². The lowest BCUT2D eigenvalue weighted by Gasteiger charge is -2.00. The molecular formula is C11H11ClN2O. The van der Waals surface area contributed by atoms with Gasteiger partial charge in [-0.3, -0.25) is 0 Å². The van der Waals surface area contributed by atoms with Crippen molar-refractivity contribution in [1.82, 2.24) is 4.98 Å². The van der Waals surface area contributed by atoms with Crippen molar-refractivity contribution in [2.45, 2.75) is 25.7 Å². The van der Waals surface area contributed by atoms with Gasteiger partial charge < -0.3 is 10.2 Å². The first-order valence-corrected chi connectivity index (χ1v) is 5.39. The van der Waals surface area contributed by atoms with Crippen molar-refractivity contribution in [2.24, 2.45) is 0 Å². The Morgan fingerprint density at radius 2 is 2.27 bits per heavy atom. The molecule has 0 bridgehead atoms. The lowest BCUT2D eigenvalue weighted by Crippen LogP contribution is -1.90. The van der Waals surface area contributed by atoms with Gasteiger partial charge in [-0.05, 0) is 25.8 Å². The number of aryl methyl sites for hydroxylation is 1. The molecule has 4 heteroatoms. The Labute approximate surface area is 92.2 Å². The van der Waals surface area contributed by atoms with Crippen LogP contribution in [0, 0.1) is 6.92 Å². The fraction of sp³-hybridized carbons (Fsp3) is 0.364. The van der Waals surface area contributed by atoms with Gasteiger partial charge in [0, 0.05) is 17.2 Å². The van der Waals surface area contributed by atoms with Crippen LogP contribution in [0.25, 0.3) is 11.1 Å². The summed E-state index contributed by atoms with van der Waals surface area (Å²) >= 11 is 6.06. The fourth-order valence-corrected chi connectivity index (χ4v) is 1.95. The zero-order valence-electron chi connectivity index (χ0n) is 8.38. The number of halogens is 1. The molecule has 3 nitrogen and oxygen atoms in total. The molecule has 1 aliphatic rings. The molecular weight excluding hydrogens is 212 g/mol. The smallest absolute Gasteiger partial charge is 0.198 e. The van der Waals surface area contributed by atoms with Crippen LogP contribution < -0.4 is 5.73 Å². The molecule has 2 aromatic rings.